The highest BCUT2D eigenvalue weighted by Gasteiger charge is 2.19. The van der Waals surface area contributed by atoms with E-state index >= 15 is 0 Å². The fourth-order valence-electron chi connectivity index (χ4n) is 2.93. The Morgan fingerprint density at radius 1 is 1.19 bits per heavy atom. The highest BCUT2D eigenvalue weighted by Crippen LogP contribution is 2.21. The van der Waals surface area contributed by atoms with Gasteiger partial charge in [-0.25, -0.2) is 0 Å². The van der Waals surface area contributed by atoms with Crippen LogP contribution in [0.15, 0.2) is 53.7 Å². The number of anilines is 1. The van der Waals surface area contributed by atoms with Crippen molar-refractivity contribution in [2.45, 2.75) is 25.0 Å². The minimum atomic E-state index is -0.383. The standard InChI is InChI=1S/C22H24ClN5O3S/c1-4-31-18-10-8-17(9-11-18)25-19(29)13-32-22-27-26-20(28(22)3)14(2)24-21(30)15-6-5-7-16(23)12-15/h5-12,14H,4,13H2,1-3H3,(H,24,30)(H,25,29). The number of thioether (sulfide) groups is 1. The SMILES string of the molecule is CCOc1ccc(NC(=O)CSc2nnc(C(C)NC(=O)c3cccc(Cl)c3)n2C)cc1. The van der Waals surface area contributed by atoms with Crippen LogP contribution >= 0.6 is 23.4 Å². The molecule has 0 aliphatic carbocycles. The Labute approximate surface area is 195 Å². The summed E-state index contributed by atoms with van der Waals surface area (Å²) in [6.45, 7) is 4.32. The number of carbonyl (C=O) groups is 2. The Kier molecular flexibility index (Phi) is 8.13. The number of aromatic nitrogens is 3. The number of nitrogens with zero attached hydrogens (tertiary/aromatic N) is 3. The van der Waals surface area contributed by atoms with Crippen LogP contribution in [0.2, 0.25) is 5.02 Å². The average Bonchev–Trinajstić information content (AvgIpc) is 3.14. The lowest BCUT2D eigenvalue weighted by atomic mass is 10.2. The lowest BCUT2D eigenvalue weighted by Crippen LogP contribution is -2.28. The largest absolute Gasteiger partial charge is 0.494 e. The number of rotatable bonds is 9. The molecule has 1 atom stereocenters. The van der Waals surface area contributed by atoms with Gasteiger partial charge in [-0.05, 0) is 56.3 Å². The number of amides is 2. The highest BCUT2D eigenvalue weighted by molar-refractivity contribution is 7.99. The van der Waals surface area contributed by atoms with E-state index in [-0.39, 0.29) is 23.6 Å². The zero-order chi connectivity index (χ0) is 23.1. The van der Waals surface area contributed by atoms with Gasteiger partial charge in [0.1, 0.15) is 5.75 Å². The summed E-state index contributed by atoms with van der Waals surface area (Å²) in [5, 5.41) is 15.1. The van der Waals surface area contributed by atoms with Gasteiger partial charge in [-0.15, -0.1) is 10.2 Å². The number of hydrogen-bond donors (Lipinski definition) is 2. The lowest BCUT2D eigenvalue weighted by Gasteiger charge is -2.13. The monoisotopic (exact) mass is 473 g/mol. The third-order valence-electron chi connectivity index (χ3n) is 4.47. The van der Waals surface area contributed by atoms with Crippen LogP contribution in [0.3, 0.4) is 0 Å². The molecule has 0 spiro atoms. The van der Waals surface area contributed by atoms with E-state index in [9.17, 15) is 9.59 Å². The molecular weight excluding hydrogens is 450 g/mol. The molecular formula is C22H24ClN5O3S. The van der Waals surface area contributed by atoms with E-state index in [1.807, 2.05) is 13.8 Å². The summed E-state index contributed by atoms with van der Waals surface area (Å²) in [5.74, 6) is 1.08. The van der Waals surface area contributed by atoms with Crippen molar-refractivity contribution >= 4 is 40.9 Å². The topological polar surface area (TPSA) is 98.1 Å². The van der Waals surface area contributed by atoms with Gasteiger partial charge in [-0.1, -0.05) is 29.4 Å². The summed E-state index contributed by atoms with van der Waals surface area (Å²) < 4.78 is 7.15. The number of halogens is 1. The maximum absolute atomic E-state index is 12.5. The van der Waals surface area contributed by atoms with Gasteiger partial charge in [0.2, 0.25) is 5.91 Å². The molecule has 2 aromatic carbocycles. The number of carbonyl (C=O) groups excluding carboxylic acids is 2. The number of benzene rings is 2. The summed E-state index contributed by atoms with van der Waals surface area (Å²) in [6.07, 6.45) is 0. The van der Waals surface area contributed by atoms with Gasteiger partial charge in [0.05, 0.1) is 18.4 Å². The first-order valence-corrected chi connectivity index (χ1v) is 11.3. The molecule has 1 unspecified atom stereocenters. The first kappa shape index (κ1) is 23.6. The molecule has 0 aliphatic heterocycles. The minimum Gasteiger partial charge on any atom is -0.494 e. The zero-order valence-electron chi connectivity index (χ0n) is 18.0. The van der Waals surface area contributed by atoms with Crippen molar-refractivity contribution in [2.24, 2.45) is 7.05 Å². The highest BCUT2D eigenvalue weighted by atomic mass is 35.5. The molecule has 2 N–H and O–H groups in total. The van der Waals surface area contributed by atoms with E-state index in [0.717, 1.165) is 5.75 Å². The third kappa shape index (κ3) is 6.24. The second-order valence-corrected chi connectivity index (χ2v) is 8.28. The van der Waals surface area contributed by atoms with Crippen molar-refractivity contribution in [3.63, 3.8) is 0 Å². The third-order valence-corrected chi connectivity index (χ3v) is 5.73. The molecule has 0 bridgehead atoms. The number of ether oxygens (including phenoxy) is 1. The molecule has 3 rings (SSSR count). The van der Waals surface area contributed by atoms with E-state index in [1.54, 1.807) is 60.1 Å². The van der Waals surface area contributed by atoms with Crippen molar-refractivity contribution in [3.05, 3.63) is 64.9 Å². The van der Waals surface area contributed by atoms with Gasteiger partial charge in [-0.2, -0.15) is 0 Å². The molecule has 10 heteroatoms. The van der Waals surface area contributed by atoms with Crippen molar-refractivity contribution in [1.29, 1.82) is 0 Å². The predicted molar refractivity (Wildman–Crippen MR) is 125 cm³/mol. The van der Waals surface area contributed by atoms with Gasteiger partial charge in [-0.3, -0.25) is 9.59 Å². The maximum Gasteiger partial charge on any atom is 0.251 e. The number of hydrogen-bond acceptors (Lipinski definition) is 6. The average molecular weight is 474 g/mol. The molecule has 1 aromatic heterocycles. The molecule has 0 fully saturated rings. The maximum atomic E-state index is 12.5. The predicted octanol–water partition coefficient (Wildman–Crippen LogP) is 4.09. The first-order valence-electron chi connectivity index (χ1n) is 9.98. The summed E-state index contributed by atoms with van der Waals surface area (Å²) >= 11 is 7.22. The second-order valence-electron chi connectivity index (χ2n) is 6.90. The van der Waals surface area contributed by atoms with E-state index < -0.39 is 0 Å². The van der Waals surface area contributed by atoms with Crippen LogP contribution in [0.5, 0.6) is 5.75 Å². The van der Waals surface area contributed by atoms with Crippen LogP contribution in [-0.4, -0.2) is 38.9 Å². The molecule has 0 radical (unpaired) electrons. The van der Waals surface area contributed by atoms with Crippen LogP contribution in [0.25, 0.3) is 0 Å². The molecule has 32 heavy (non-hydrogen) atoms. The smallest absolute Gasteiger partial charge is 0.251 e. The summed E-state index contributed by atoms with van der Waals surface area (Å²) in [5.41, 5.74) is 1.15. The fraction of sp³-hybridized carbons (Fsp3) is 0.273. The van der Waals surface area contributed by atoms with E-state index in [2.05, 4.69) is 20.8 Å². The Morgan fingerprint density at radius 3 is 2.62 bits per heavy atom. The Balaban J connectivity index is 1.54. The first-order chi connectivity index (χ1) is 15.4. The van der Waals surface area contributed by atoms with Gasteiger partial charge >= 0.3 is 0 Å². The number of nitrogens with one attached hydrogen (secondary N) is 2. The zero-order valence-corrected chi connectivity index (χ0v) is 19.5. The Hall–Kier alpha value is -3.04. The fourth-order valence-corrected chi connectivity index (χ4v) is 3.84. The van der Waals surface area contributed by atoms with Gasteiger partial charge < -0.3 is 19.9 Å². The quantitative estimate of drug-likeness (QED) is 0.454. The van der Waals surface area contributed by atoms with E-state index in [0.29, 0.717) is 33.9 Å². The summed E-state index contributed by atoms with van der Waals surface area (Å²) in [6, 6.07) is 13.5. The molecule has 1 heterocycles. The molecule has 0 saturated carbocycles. The molecule has 3 aromatic rings. The van der Waals surface area contributed by atoms with Crippen molar-refractivity contribution in [1.82, 2.24) is 20.1 Å². The Morgan fingerprint density at radius 2 is 1.94 bits per heavy atom. The molecule has 0 saturated heterocycles. The molecule has 2 amide bonds. The van der Waals surface area contributed by atoms with Crippen LogP contribution in [0.4, 0.5) is 5.69 Å². The normalized spacial score (nSPS) is 11.6. The molecule has 168 valence electrons. The van der Waals surface area contributed by atoms with Gasteiger partial charge in [0.25, 0.3) is 5.91 Å². The summed E-state index contributed by atoms with van der Waals surface area (Å²) in [4.78, 5) is 24.7. The van der Waals surface area contributed by atoms with Crippen molar-refractivity contribution in [3.8, 4) is 5.75 Å². The van der Waals surface area contributed by atoms with Crippen molar-refractivity contribution in [2.75, 3.05) is 17.7 Å². The van der Waals surface area contributed by atoms with Gasteiger partial charge in [0, 0.05) is 23.3 Å². The second kappa shape index (κ2) is 11.0. The van der Waals surface area contributed by atoms with Crippen LogP contribution in [0.1, 0.15) is 36.1 Å². The minimum absolute atomic E-state index is 0.161. The Bertz CT molecular complexity index is 1090. The van der Waals surface area contributed by atoms with E-state index in [1.165, 1.54) is 11.8 Å². The molecule has 0 aliphatic rings. The van der Waals surface area contributed by atoms with Crippen LogP contribution in [-0.2, 0) is 11.8 Å². The van der Waals surface area contributed by atoms with Crippen LogP contribution in [0, 0.1) is 0 Å². The van der Waals surface area contributed by atoms with E-state index in [4.69, 9.17) is 16.3 Å². The summed E-state index contributed by atoms with van der Waals surface area (Å²) in [7, 11) is 1.80. The van der Waals surface area contributed by atoms with Crippen molar-refractivity contribution < 1.29 is 14.3 Å². The molecule has 8 nitrogen and oxygen atoms in total. The van der Waals surface area contributed by atoms with Crippen LogP contribution < -0.4 is 15.4 Å². The van der Waals surface area contributed by atoms with Gasteiger partial charge in [0.15, 0.2) is 11.0 Å². The lowest BCUT2D eigenvalue weighted by molar-refractivity contribution is -0.113.